The van der Waals surface area contributed by atoms with Gasteiger partial charge in [0.2, 0.25) is 0 Å². The lowest BCUT2D eigenvalue weighted by Crippen LogP contribution is -2.19. The maximum absolute atomic E-state index is 12.6. The number of aromatic nitrogens is 1. The predicted molar refractivity (Wildman–Crippen MR) is 104 cm³/mol. The predicted octanol–water partition coefficient (Wildman–Crippen LogP) is 4.09. The molecule has 0 saturated carbocycles. The molecule has 0 aliphatic heterocycles. The molecule has 6 heteroatoms. The number of carboxylic acids is 1. The molecule has 0 fully saturated rings. The summed E-state index contributed by atoms with van der Waals surface area (Å²) in [6.07, 6.45) is 1.83. The lowest BCUT2D eigenvalue weighted by Gasteiger charge is -2.12. The van der Waals surface area contributed by atoms with E-state index in [0.717, 1.165) is 9.13 Å². The van der Waals surface area contributed by atoms with Gasteiger partial charge in [-0.3, -0.25) is 4.79 Å². The molecule has 1 amide bonds. The molecular formula is C19H15IN2O3. The van der Waals surface area contributed by atoms with Crippen LogP contribution in [-0.4, -0.2) is 21.6 Å². The van der Waals surface area contributed by atoms with Gasteiger partial charge in [0.15, 0.2) is 0 Å². The first-order valence-electron chi connectivity index (χ1n) is 7.58. The second-order valence-electron chi connectivity index (χ2n) is 5.46. The van der Waals surface area contributed by atoms with E-state index in [-0.39, 0.29) is 17.2 Å². The van der Waals surface area contributed by atoms with E-state index in [9.17, 15) is 14.7 Å². The van der Waals surface area contributed by atoms with Crippen LogP contribution in [0.3, 0.4) is 0 Å². The van der Waals surface area contributed by atoms with Crippen LogP contribution in [0.4, 0.5) is 5.69 Å². The van der Waals surface area contributed by atoms with Crippen molar-refractivity contribution < 1.29 is 14.7 Å². The summed E-state index contributed by atoms with van der Waals surface area (Å²) in [5, 5.41) is 12.0. The molecule has 0 saturated heterocycles. The van der Waals surface area contributed by atoms with Gasteiger partial charge in [-0.05, 0) is 58.5 Å². The number of anilines is 1. The minimum Gasteiger partial charge on any atom is -0.478 e. The van der Waals surface area contributed by atoms with Crippen molar-refractivity contribution in [2.45, 2.75) is 6.54 Å². The second kappa shape index (κ2) is 7.52. The number of hydrogen-bond acceptors (Lipinski definition) is 2. The summed E-state index contributed by atoms with van der Waals surface area (Å²) in [5.74, 6) is -1.42. The molecule has 0 spiro atoms. The highest BCUT2D eigenvalue weighted by atomic mass is 127. The Labute approximate surface area is 158 Å². The highest BCUT2D eigenvalue weighted by Crippen LogP contribution is 2.20. The summed E-state index contributed by atoms with van der Waals surface area (Å²) in [7, 11) is 0. The maximum Gasteiger partial charge on any atom is 0.337 e. The fourth-order valence-corrected chi connectivity index (χ4v) is 3.02. The van der Waals surface area contributed by atoms with E-state index >= 15 is 0 Å². The lowest BCUT2D eigenvalue weighted by atomic mass is 10.1. The molecule has 25 heavy (non-hydrogen) atoms. The van der Waals surface area contributed by atoms with Crippen LogP contribution >= 0.6 is 22.6 Å². The minimum absolute atomic E-state index is 0.0708. The Kier molecular flexibility index (Phi) is 5.18. The maximum atomic E-state index is 12.6. The molecule has 1 heterocycles. The number of nitrogens with zero attached hydrogens (tertiary/aromatic N) is 1. The molecule has 0 aliphatic carbocycles. The van der Waals surface area contributed by atoms with Crippen LogP contribution in [0.1, 0.15) is 26.4 Å². The van der Waals surface area contributed by atoms with Crippen molar-refractivity contribution in [3.63, 3.8) is 0 Å². The highest BCUT2D eigenvalue weighted by Gasteiger charge is 2.16. The fraction of sp³-hybridized carbons (Fsp3) is 0.0526. The monoisotopic (exact) mass is 446 g/mol. The van der Waals surface area contributed by atoms with Gasteiger partial charge in [-0.15, -0.1) is 0 Å². The Morgan fingerprint density at radius 2 is 1.80 bits per heavy atom. The smallest absolute Gasteiger partial charge is 0.337 e. The zero-order chi connectivity index (χ0) is 17.8. The van der Waals surface area contributed by atoms with Crippen LogP contribution in [0.5, 0.6) is 0 Å². The summed E-state index contributed by atoms with van der Waals surface area (Å²) >= 11 is 2.04. The highest BCUT2D eigenvalue weighted by molar-refractivity contribution is 14.1. The number of hydrogen-bond donors (Lipinski definition) is 2. The minimum atomic E-state index is -1.08. The average Bonchev–Trinajstić information content (AvgIpc) is 3.05. The number of carbonyl (C=O) groups excluding carboxylic acids is 1. The van der Waals surface area contributed by atoms with Gasteiger partial charge in [0.25, 0.3) is 5.91 Å². The molecule has 5 nitrogen and oxygen atoms in total. The van der Waals surface area contributed by atoms with Crippen molar-refractivity contribution in [2.75, 3.05) is 5.32 Å². The standard InChI is InChI=1S/C19H15IN2O3/c20-14-8-9-16(15(11-14)19(24)25)21-18(23)17-7-4-10-22(17)12-13-5-2-1-3-6-13/h1-11H,12H2,(H,21,23)(H,24,25). The van der Waals surface area contributed by atoms with Crippen LogP contribution in [-0.2, 0) is 6.54 Å². The number of carbonyl (C=O) groups is 2. The molecule has 0 bridgehead atoms. The Morgan fingerprint density at radius 3 is 2.52 bits per heavy atom. The van der Waals surface area contributed by atoms with E-state index in [0.29, 0.717) is 12.2 Å². The van der Waals surface area contributed by atoms with Gasteiger partial charge >= 0.3 is 5.97 Å². The average molecular weight is 446 g/mol. The third kappa shape index (κ3) is 4.08. The number of carboxylic acid groups (broad SMARTS) is 1. The van der Waals surface area contributed by atoms with Gasteiger partial charge in [-0.25, -0.2) is 4.79 Å². The van der Waals surface area contributed by atoms with Gasteiger partial charge in [-0.2, -0.15) is 0 Å². The van der Waals surface area contributed by atoms with E-state index in [1.54, 1.807) is 24.3 Å². The van der Waals surface area contributed by atoms with Crippen molar-refractivity contribution in [3.05, 3.63) is 87.3 Å². The first kappa shape index (κ1) is 17.2. The third-order valence-electron chi connectivity index (χ3n) is 3.72. The molecule has 3 rings (SSSR count). The normalized spacial score (nSPS) is 10.4. The molecule has 0 aliphatic rings. The first-order chi connectivity index (χ1) is 12.0. The Bertz CT molecular complexity index is 919. The summed E-state index contributed by atoms with van der Waals surface area (Å²) in [4.78, 5) is 24.0. The van der Waals surface area contributed by atoms with Crippen molar-refractivity contribution in [1.29, 1.82) is 0 Å². The molecular weight excluding hydrogens is 431 g/mol. The Morgan fingerprint density at radius 1 is 1.04 bits per heavy atom. The quantitative estimate of drug-likeness (QED) is 0.581. The zero-order valence-electron chi connectivity index (χ0n) is 13.1. The third-order valence-corrected chi connectivity index (χ3v) is 4.39. The van der Waals surface area contributed by atoms with Crippen LogP contribution in [0.25, 0.3) is 0 Å². The topological polar surface area (TPSA) is 71.3 Å². The van der Waals surface area contributed by atoms with Gasteiger partial charge in [0, 0.05) is 16.3 Å². The molecule has 1 aromatic heterocycles. The van der Waals surface area contributed by atoms with Crippen molar-refractivity contribution in [3.8, 4) is 0 Å². The van der Waals surface area contributed by atoms with Gasteiger partial charge < -0.3 is 15.0 Å². The van der Waals surface area contributed by atoms with Crippen LogP contribution in [0.2, 0.25) is 0 Å². The van der Waals surface area contributed by atoms with E-state index < -0.39 is 5.97 Å². The van der Waals surface area contributed by atoms with Crippen LogP contribution in [0, 0.1) is 3.57 Å². The number of nitrogens with one attached hydrogen (secondary N) is 1. The van der Waals surface area contributed by atoms with E-state index in [1.807, 2.05) is 63.7 Å². The molecule has 126 valence electrons. The van der Waals surface area contributed by atoms with Crippen LogP contribution < -0.4 is 5.32 Å². The number of benzene rings is 2. The van der Waals surface area contributed by atoms with Gasteiger partial charge in [0.05, 0.1) is 11.3 Å². The number of amides is 1. The molecule has 2 N–H and O–H groups in total. The Balaban J connectivity index is 1.84. The van der Waals surface area contributed by atoms with Crippen LogP contribution in [0.15, 0.2) is 66.9 Å². The number of aromatic carboxylic acids is 1. The molecule has 2 aromatic carbocycles. The lowest BCUT2D eigenvalue weighted by molar-refractivity contribution is 0.0698. The zero-order valence-corrected chi connectivity index (χ0v) is 15.3. The largest absolute Gasteiger partial charge is 0.478 e. The van der Waals surface area contributed by atoms with Crippen molar-refractivity contribution >= 4 is 40.2 Å². The number of halogens is 1. The fourth-order valence-electron chi connectivity index (χ4n) is 2.53. The summed E-state index contributed by atoms with van der Waals surface area (Å²) < 4.78 is 2.62. The number of rotatable bonds is 5. The molecule has 0 atom stereocenters. The SMILES string of the molecule is O=C(O)c1cc(I)ccc1NC(=O)c1cccn1Cc1ccccc1. The second-order valence-corrected chi connectivity index (χ2v) is 6.70. The van der Waals surface area contributed by atoms with E-state index in [1.165, 1.54) is 6.07 Å². The molecule has 0 unspecified atom stereocenters. The molecule has 0 radical (unpaired) electrons. The first-order valence-corrected chi connectivity index (χ1v) is 8.66. The van der Waals surface area contributed by atoms with Crippen molar-refractivity contribution in [2.24, 2.45) is 0 Å². The van der Waals surface area contributed by atoms with E-state index in [2.05, 4.69) is 5.32 Å². The van der Waals surface area contributed by atoms with Crippen molar-refractivity contribution in [1.82, 2.24) is 4.57 Å². The summed E-state index contributed by atoms with van der Waals surface area (Å²) in [6.45, 7) is 0.565. The van der Waals surface area contributed by atoms with Gasteiger partial charge in [0.1, 0.15) is 5.69 Å². The van der Waals surface area contributed by atoms with Gasteiger partial charge in [-0.1, -0.05) is 30.3 Å². The summed E-state index contributed by atoms with van der Waals surface area (Å²) in [6, 6.07) is 18.2. The Hall–Kier alpha value is -2.61. The van der Waals surface area contributed by atoms with E-state index in [4.69, 9.17) is 0 Å². The molecule has 3 aromatic rings. The summed E-state index contributed by atoms with van der Waals surface area (Å²) in [5.41, 5.74) is 1.90.